The average Bonchev–Trinajstić information content (AvgIpc) is 2.40. The van der Waals surface area contributed by atoms with Crippen LogP contribution < -0.4 is 5.73 Å². The van der Waals surface area contributed by atoms with Crippen molar-refractivity contribution in [3.8, 4) is 0 Å². The lowest BCUT2D eigenvalue weighted by Crippen LogP contribution is -2.51. The van der Waals surface area contributed by atoms with Crippen LogP contribution in [0.2, 0.25) is 0 Å². The Morgan fingerprint density at radius 2 is 2.26 bits per heavy atom. The molecule has 104 valence electrons. The molecule has 0 bridgehead atoms. The van der Waals surface area contributed by atoms with Crippen molar-refractivity contribution in [2.24, 2.45) is 5.73 Å². The van der Waals surface area contributed by atoms with Gasteiger partial charge in [-0.2, -0.15) is 0 Å². The smallest absolute Gasteiger partial charge is 0.254 e. The number of carbonyl (C=O) groups excluding carboxylic acids is 1. The van der Waals surface area contributed by atoms with Gasteiger partial charge in [0.1, 0.15) is 5.82 Å². The zero-order chi connectivity index (χ0) is 14.0. The molecule has 1 aliphatic rings. The lowest BCUT2D eigenvalue weighted by Gasteiger charge is -2.40. The van der Waals surface area contributed by atoms with Crippen molar-refractivity contribution in [3.05, 3.63) is 34.1 Å². The van der Waals surface area contributed by atoms with Gasteiger partial charge in [0.2, 0.25) is 0 Å². The van der Waals surface area contributed by atoms with Crippen LogP contribution in [0.3, 0.4) is 0 Å². The Morgan fingerprint density at radius 1 is 1.53 bits per heavy atom. The van der Waals surface area contributed by atoms with Crippen LogP contribution in [0.1, 0.15) is 36.5 Å². The molecule has 0 saturated carbocycles. The highest BCUT2D eigenvalue weighted by Crippen LogP contribution is 2.26. The summed E-state index contributed by atoms with van der Waals surface area (Å²) in [7, 11) is 0. The quantitative estimate of drug-likeness (QED) is 0.907. The third kappa shape index (κ3) is 2.98. The van der Waals surface area contributed by atoms with Gasteiger partial charge < -0.3 is 10.6 Å². The lowest BCUT2D eigenvalue weighted by atomic mass is 9.95. The molecular weight excluding hydrogens is 311 g/mol. The summed E-state index contributed by atoms with van der Waals surface area (Å²) < 4.78 is 13.5. The second-order valence-corrected chi connectivity index (χ2v) is 5.87. The number of rotatable bonds is 2. The van der Waals surface area contributed by atoms with Gasteiger partial charge in [-0.15, -0.1) is 0 Å². The van der Waals surface area contributed by atoms with Crippen molar-refractivity contribution >= 4 is 21.8 Å². The van der Waals surface area contributed by atoms with E-state index < -0.39 is 0 Å². The summed E-state index contributed by atoms with van der Waals surface area (Å²) in [4.78, 5) is 14.4. The molecule has 1 amide bonds. The number of piperidine rings is 1. The number of nitrogens with zero attached hydrogens (tertiary/aromatic N) is 1. The van der Waals surface area contributed by atoms with Crippen molar-refractivity contribution in [3.63, 3.8) is 0 Å². The van der Waals surface area contributed by atoms with Crippen molar-refractivity contribution in [1.29, 1.82) is 0 Å². The number of benzene rings is 1. The molecule has 1 saturated heterocycles. The first-order valence-electron chi connectivity index (χ1n) is 6.52. The Morgan fingerprint density at radius 3 is 2.89 bits per heavy atom. The zero-order valence-electron chi connectivity index (χ0n) is 10.9. The van der Waals surface area contributed by atoms with Crippen molar-refractivity contribution in [2.45, 2.75) is 38.3 Å². The fraction of sp³-hybridized carbons (Fsp3) is 0.500. The first-order chi connectivity index (χ1) is 9.04. The molecule has 1 aromatic rings. The fourth-order valence-corrected chi connectivity index (χ4v) is 3.04. The average molecular weight is 329 g/mol. The van der Waals surface area contributed by atoms with Crippen LogP contribution in [-0.4, -0.2) is 29.4 Å². The van der Waals surface area contributed by atoms with Gasteiger partial charge in [-0.3, -0.25) is 4.79 Å². The summed E-state index contributed by atoms with van der Waals surface area (Å²) in [5.74, 6) is -0.429. The maximum atomic E-state index is 13.2. The Balaban J connectivity index is 2.27. The van der Waals surface area contributed by atoms with Crippen LogP contribution in [0.25, 0.3) is 0 Å². The standard InChI is InChI=1S/C14H18BrFN2O/c1-9-3-2-4-11(8-17)18(9)14(19)10-5-6-13(16)12(15)7-10/h5-7,9,11H,2-4,8,17H2,1H3. The molecule has 1 aliphatic heterocycles. The maximum absolute atomic E-state index is 13.2. The fourth-order valence-electron chi connectivity index (χ4n) is 2.66. The van der Waals surface area contributed by atoms with E-state index in [1.54, 1.807) is 0 Å². The Hall–Kier alpha value is -0.940. The Kier molecular flexibility index (Phi) is 4.58. The number of nitrogens with two attached hydrogens (primary N) is 1. The normalized spacial score (nSPS) is 23.5. The van der Waals surface area contributed by atoms with Crippen LogP contribution in [0.15, 0.2) is 22.7 Å². The summed E-state index contributed by atoms with van der Waals surface area (Å²) in [5, 5.41) is 0. The van der Waals surface area contributed by atoms with Crippen LogP contribution >= 0.6 is 15.9 Å². The second kappa shape index (κ2) is 6.01. The van der Waals surface area contributed by atoms with E-state index in [0.717, 1.165) is 19.3 Å². The van der Waals surface area contributed by atoms with Gasteiger partial charge in [-0.05, 0) is 60.3 Å². The summed E-state index contributed by atoms with van der Waals surface area (Å²) in [6, 6.07) is 4.63. The van der Waals surface area contributed by atoms with Crippen molar-refractivity contribution in [1.82, 2.24) is 4.90 Å². The molecular formula is C14H18BrFN2O. The van der Waals surface area contributed by atoms with Crippen LogP contribution in [0.5, 0.6) is 0 Å². The third-order valence-electron chi connectivity index (χ3n) is 3.70. The van der Waals surface area contributed by atoms with E-state index in [9.17, 15) is 9.18 Å². The number of halogens is 2. The molecule has 2 rings (SSSR count). The van der Waals surface area contributed by atoms with Gasteiger partial charge in [-0.25, -0.2) is 4.39 Å². The summed E-state index contributed by atoms with van der Waals surface area (Å²) in [5.41, 5.74) is 6.26. The minimum Gasteiger partial charge on any atom is -0.332 e. The summed E-state index contributed by atoms with van der Waals surface area (Å²) >= 11 is 3.12. The van der Waals surface area contributed by atoms with Crippen LogP contribution in [0.4, 0.5) is 4.39 Å². The van der Waals surface area contributed by atoms with Gasteiger partial charge in [0, 0.05) is 24.2 Å². The topological polar surface area (TPSA) is 46.3 Å². The number of carbonyl (C=O) groups is 1. The number of amides is 1. The van der Waals surface area contributed by atoms with Crippen molar-refractivity contribution < 1.29 is 9.18 Å². The van der Waals surface area contributed by atoms with Gasteiger partial charge in [0.15, 0.2) is 0 Å². The Labute approximate surface area is 121 Å². The highest BCUT2D eigenvalue weighted by atomic mass is 79.9. The molecule has 1 fully saturated rings. The predicted octanol–water partition coefficient (Wildman–Crippen LogP) is 2.93. The molecule has 0 aliphatic carbocycles. The first kappa shape index (κ1) is 14.5. The van der Waals surface area contributed by atoms with E-state index in [1.807, 2.05) is 11.8 Å². The number of hydrogen-bond acceptors (Lipinski definition) is 2. The molecule has 1 aromatic carbocycles. The largest absolute Gasteiger partial charge is 0.332 e. The summed E-state index contributed by atoms with van der Waals surface area (Å²) in [6.45, 7) is 2.51. The second-order valence-electron chi connectivity index (χ2n) is 5.01. The van der Waals surface area contributed by atoms with E-state index in [0.29, 0.717) is 16.6 Å². The third-order valence-corrected chi connectivity index (χ3v) is 4.31. The Bertz CT molecular complexity index is 481. The van der Waals surface area contributed by atoms with E-state index >= 15 is 0 Å². The molecule has 0 spiro atoms. The van der Waals surface area contributed by atoms with Gasteiger partial charge in [-0.1, -0.05) is 0 Å². The van der Waals surface area contributed by atoms with Gasteiger partial charge >= 0.3 is 0 Å². The molecule has 0 aromatic heterocycles. The highest BCUT2D eigenvalue weighted by Gasteiger charge is 2.31. The first-order valence-corrected chi connectivity index (χ1v) is 7.31. The molecule has 1 heterocycles. The van der Waals surface area contributed by atoms with E-state index in [1.165, 1.54) is 18.2 Å². The van der Waals surface area contributed by atoms with E-state index in [-0.39, 0.29) is 23.8 Å². The maximum Gasteiger partial charge on any atom is 0.254 e. The van der Waals surface area contributed by atoms with Crippen LogP contribution in [-0.2, 0) is 0 Å². The number of likely N-dealkylation sites (tertiary alicyclic amines) is 1. The van der Waals surface area contributed by atoms with E-state index in [2.05, 4.69) is 15.9 Å². The molecule has 2 unspecified atom stereocenters. The lowest BCUT2D eigenvalue weighted by molar-refractivity contribution is 0.0494. The molecule has 19 heavy (non-hydrogen) atoms. The predicted molar refractivity (Wildman–Crippen MR) is 76.4 cm³/mol. The van der Waals surface area contributed by atoms with E-state index in [4.69, 9.17) is 5.73 Å². The zero-order valence-corrected chi connectivity index (χ0v) is 12.5. The monoisotopic (exact) mass is 328 g/mol. The van der Waals surface area contributed by atoms with Crippen LogP contribution in [0, 0.1) is 5.82 Å². The molecule has 2 N–H and O–H groups in total. The van der Waals surface area contributed by atoms with Gasteiger partial charge in [0.05, 0.1) is 4.47 Å². The van der Waals surface area contributed by atoms with Gasteiger partial charge in [0.25, 0.3) is 5.91 Å². The molecule has 2 atom stereocenters. The minimum absolute atomic E-state index is 0.0663. The molecule has 0 radical (unpaired) electrons. The number of hydrogen-bond donors (Lipinski definition) is 1. The minimum atomic E-state index is -0.362. The SMILES string of the molecule is CC1CCCC(CN)N1C(=O)c1ccc(F)c(Br)c1. The molecule has 5 heteroatoms. The summed E-state index contributed by atoms with van der Waals surface area (Å²) in [6.07, 6.45) is 3.03. The highest BCUT2D eigenvalue weighted by molar-refractivity contribution is 9.10. The van der Waals surface area contributed by atoms with Crippen molar-refractivity contribution in [2.75, 3.05) is 6.54 Å². The molecule has 3 nitrogen and oxygen atoms in total.